The maximum absolute atomic E-state index is 12.7. The Morgan fingerprint density at radius 3 is 2.74 bits per heavy atom. The van der Waals surface area contributed by atoms with E-state index in [0.717, 1.165) is 18.4 Å². The average Bonchev–Trinajstić information content (AvgIpc) is 3.50. The van der Waals surface area contributed by atoms with Gasteiger partial charge in [0, 0.05) is 18.0 Å². The fraction of sp³-hybridized carbons (Fsp3) is 0.227. The SMILES string of the molecule is [CH2]CC(=O)Nc1cccc(C(c2c(O)c3ccccc3oc2=O)C2CC2)c1. The van der Waals surface area contributed by atoms with Gasteiger partial charge in [-0.2, -0.15) is 0 Å². The van der Waals surface area contributed by atoms with Crippen LogP contribution < -0.4 is 10.9 Å². The molecule has 27 heavy (non-hydrogen) atoms. The Labute approximate surface area is 156 Å². The topological polar surface area (TPSA) is 79.5 Å². The number of rotatable bonds is 5. The first-order valence-corrected chi connectivity index (χ1v) is 9.02. The Morgan fingerprint density at radius 2 is 2.00 bits per heavy atom. The molecule has 5 heteroatoms. The molecular weight excluding hydrogens is 342 g/mol. The molecule has 0 spiro atoms. The molecule has 1 amide bonds. The molecule has 1 unspecified atom stereocenters. The molecule has 2 aromatic carbocycles. The van der Waals surface area contributed by atoms with Gasteiger partial charge in [-0.1, -0.05) is 24.3 Å². The largest absolute Gasteiger partial charge is 0.507 e. The summed E-state index contributed by atoms with van der Waals surface area (Å²) in [5.41, 5.74) is 1.66. The number of aromatic hydroxyl groups is 1. The second kappa shape index (κ2) is 6.91. The Hall–Kier alpha value is -3.08. The van der Waals surface area contributed by atoms with Crippen molar-refractivity contribution in [2.75, 3.05) is 5.32 Å². The van der Waals surface area contributed by atoms with Gasteiger partial charge in [0.25, 0.3) is 0 Å². The number of carbonyl (C=O) groups is 1. The van der Waals surface area contributed by atoms with E-state index in [4.69, 9.17) is 4.42 Å². The van der Waals surface area contributed by atoms with Crippen molar-refractivity contribution in [1.82, 2.24) is 0 Å². The minimum absolute atomic E-state index is 0.0223. The van der Waals surface area contributed by atoms with Crippen molar-refractivity contribution in [3.05, 3.63) is 77.0 Å². The van der Waals surface area contributed by atoms with Crippen LogP contribution in [-0.2, 0) is 4.79 Å². The summed E-state index contributed by atoms with van der Waals surface area (Å²) in [7, 11) is 0. The van der Waals surface area contributed by atoms with E-state index in [0.29, 0.717) is 16.7 Å². The molecule has 1 radical (unpaired) electrons. The summed E-state index contributed by atoms with van der Waals surface area (Å²) < 4.78 is 5.47. The van der Waals surface area contributed by atoms with Crippen LogP contribution in [0.15, 0.2) is 57.7 Å². The summed E-state index contributed by atoms with van der Waals surface area (Å²) >= 11 is 0. The number of fused-ring (bicyclic) bond motifs is 1. The molecule has 1 aliphatic carbocycles. The zero-order valence-electron chi connectivity index (χ0n) is 14.8. The van der Waals surface area contributed by atoms with E-state index in [1.807, 2.05) is 18.2 Å². The highest BCUT2D eigenvalue weighted by Gasteiger charge is 2.37. The lowest BCUT2D eigenvalue weighted by molar-refractivity contribution is -0.115. The van der Waals surface area contributed by atoms with E-state index in [9.17, 15) is 14.7 Å². The molecule has 2 N–H and O–H groups in total. The normalized spacial score (nSPS) is 14.9. The van der Waals surface area contributed by atoms with Crippen molar-refractivity contribution in [3.63, 3.8) is 0 Å². The van der Waals surface area contributed by atoms with Crippen LogP contribution in [0.3, 0.4) is 0 Å². The molecule has 1 heterocycles. The second-order valence-electron chi connectivity index (χ2n) is 6.89. The number of anilines is 1. The van der Waals surface area contributed by atoms with Crippen molar-refractivity contribution in [3.8, 4) is 5.75 Å². The monoisotopic (exact) mass is 362 g/mol. The summed E-state index contributed by atoms with van der Waals surface area (Å²) in [6.07, 6.45) is 2.10. The van der Waals surface area contributed by atoms with Crippen molar-refractivity contribution in [1.29, 1.82) is 0 Å². The Morgan fingerprint density at radius 1 is 1.22 bits per heavy atom. The van der Waals surface area contributed by atoms with Gasteiger partial charge in [0.15, 0.2) is 0 Å². The van der Waals surface area contributed by atoms with Gasteiger partial charge in [-0.15, -0.1) is 0 Å². The molecule has 1 aliphatic rings. The predicted molar refractivity (Wildman–Crippen MR) is 104 cm³/mol. The number of hydrogen-bond donors (Lipinski definition) is 2. The molecule has 3 aromatic rings. The van der Waals surface area contributed by atoms with Gasteiger partial charge >= 0.3 is 5.63 Å². The van der Waals surface area contributed by atoms with Crippen molar-refractivity contribution < 1.29 is 14.3 Å². The van der Waals surface area contributed by atoms with Gasteiger partial charge < -0.3 is 14.8 Å². The van der Waals surface area contributed by atoms with Crippen LogP contribution in [0.4, 0.5) is 5.69 Å². The van der Waals surface area contributed by atoms with Crippen LogP contribution in [-0.4, -0.2) is 11.0 Å². The van der Waals surface area contributed by atoms with Gasteiger partial charge in [-0.3, -0.25) is 4.79 Å². The molecule has 137 valence electrons. The molecule has 0 bridgehead atoms. The number of benzene rings is 2. The van der Waals surface area contributed by atoms with Crippen LogP contribution >= 0.6 is 0 Å². The number of para-hydroxylation sites is 1. The highest BCUT2D eigenvalue weighted by Crippen LogP contribution is 2.48. The van der Waals surface area contributed by atoms with Crippen LogP contribution in [0.1, 0.15) is 36.3 Å². The van der Waals surface area contributed by atoms with Gasteiger partial charge in [0.05, 0.1) is 10.9 Å². The third-order valence-electron chi connectivity index (χ3n) is 4.98. The molecule has 0 aliphatic heterocycles. The van der Waals surface area contributed by atoms with Crippen LogP contribution in [0.2, 0.25) is 0 Å². The van der Waals surface area contributed by atoms with Crippen LogP contribution in [0.5, 0.6) is 5.75 Å². The van der Waals surface area contributed by atoms with Crippen LogP contribution in [0.25, 0.3) is 11.0 Å². The molecule has 1 fully saturated rings. The highest BCUT2D eigenvalue weighted by molar-refractivity contribution is 5.91. The van der Waals surface area contributed by atoms with Crippen molar-refractivity contribution in [2.45, 2.75) is 25.2 Å². The second-order valence-corrected chi connectivity index (χ2v) is 6.89. The minimum atomic E-state index is -0.518. The zero-order valence-corrected chi connectivity index (χ0v) is 14.8. The predicted octanol–water partition coefficient (Wildman–Crippen LogP) is 4.20. The molecule has 1 atom stereocenters. The highest BCUT2D eigenvalue weighted by atomic mass is 16.4. The minimum Gasteiger partial charge on any atom is -0.507 e. The number of amides is 1. The number of nitrogens with one attached hydrogen (secondary N) is 1. The third kappa shape index (κ3) is 3.33. The van der Waals surface area contributed by atoms with Crippen LogP contribution in [0, 0.1) is 12.8 Å². The Balaban J connectivity index is 1.83. The van der Waals surface area contributed by atoms with E-state index in [2.05, 4.69) is 12.2 Å². The third-order valence-corrected chi connectivity index (χ3v) is 4.98. The van der Waals surface area contributed by atoms with Gasteiger partial charge in [0.2, 0.25) is 5.91 Å². The summed E-state index contributed by atoms with van der Waals surface area (Å²) in [4.78, 5) is 24.4. The molecule has 4 rings (SSSR count). The van der Waals surface area contributed by atoms with E-state index < -0.39 is 5.63 Å². The molecular formula is C22H20NO4. The summed E-state index contributed by atoms with van der Waals surface area (Å²) in [5, 5.41) is 14.2. The number of hydrogen-bond acceptors (Lipinski definition) is 4. The van der Waals surface area contributed by atoms with Gasteiger partial charge in [0.1, 0.15) is 11.3 Å². The summed E-state index contributed by atoms with van der Waals surface area (Å²) in [5.74, 6) is -0.213. The maximum Gasteiger partial charge on any atom is 0.343 e. The van der Waals surface area contributed by atoms with E-state index in [1.54, 1.807) is 30.3 Å². The Bertz CT molecular complexity index is 1070. The van der Waals surface area contributed by atoms with Gasteiger partial charge in [-0.25, -0.2) is 4.79 Å². The lowest BCUT2D eigenvalue weighted by Gasteiger charge is -2.19. The van der Waals surface area contributed by atoms with Crippen molar-refractivity contribution in [2.24, 2.45) is 5.92 Å². The smallest absolute Gasteiger partial charge is 0.343 e. The van der Waals surface area contributed by atoms with Gasteiger partial charge in [-0.05, 0) is 55.5 Å². The fourth-order valence-corrected chi connectivity index (χ4v) is 3.56. The van der Waals surface area contributed by atoms with E-state index in [-0.39, 0.29) is 35.5 Å². The van der Waals surface area contributed by atoms with E-state index >= 15 is 0 Å². The van der Waals surface area contributed by atoms with E-state index in [1.165, 1.54) is 0 Å². The first-order chi connectivity index (χ1) is 13.1. The quantitative estimate of drug-likeness (QED) is 0.667. The Kier molecular flexibility index (Phi) is 4.44. The lowest BCUT2D eigenvalue weighted by Crippen LogP contribution is -2.16. The molecule has 1 aromatic heterocycles. The molecule has 0 saturated heterocycles. The summed E-state index contributed by atoms with van der Waals surface area (Å²) in [6, 6.07) is 14.4. The zero-order chi connectivity index (χ0) is 19.0. The fourth-order valence-electron chi connectivity index (χ4n) is 3.56. The lowest BCUT2D eigenvalue weighted by atomic mass is 9.86. The number of carbonyl (C=O) groups excluding carboxylic acids is 1. The average molecular weight is 362 g/mol. The first kappa shape index (κ1) is 17.3. The summed E-state index contributed by atoms with van der Waals surface area (Å²) in [6.45, 7) is 3.58. The molecule has 5 nitrogen and oxygen atoms in total. The first-order valence-electron chi connectivity index (χ1n) is 9.02. The maximum atomic E-state index is 12.7. The van der Waals surface area contributed by atoms with Crippen molar-refractivity contribution >= 4 is 22.6 Å². The standard InChI is InChI=1S/C22H20NO4/c1-2-18(24)23-15-7-5-6-14(12-15)19(13-10-11-13)20-21(25)16-8-3-4-9-17(16)27-22(20)26/h3-9,12-13,19,25H,1-2,10-11H2,(H,23,24). The molecule has 1 saturated carbocycles.